The van der Waals surface area contributed by atoms with Gasteiger partial charge in [0.25, 0.3) is 10.0 Å². The minimum absolute atomic E-state index is 0.0772. The summed E-state index contributed by atoms with van der Waals surface area (Å²) in [6, 6.07) is 20.7. The third-order valence-electron chi connectivity index (χ3n) is 9.03. The number of piperidine rings is 2. The number of hydrogen-bond acceptors (Lipinski definition) is 9. The number of methoxy groups -OCH3 is 1. The number of ether oxygens (including phenoxy) is 1. The first-order valence-electron chi connectivity index (χ1n) is 16.4. The number of fused-ring (bicyclic) bond motifs is 1. The van der Waals surface area contributed by atoms with E-state index in [1.807, 2.05) is 6.07 Å². The van der Waals surface area contributed by atoms with Crippen molar-refractivity contribution in [2.45, 2.75) is 54.9 Å². The molecule has 6 rings (SSSR count). The second-order valence-electron chi connectivity index (χ2n) is 12.3. The molecule has 3 heterocycles. The first-order valence-corrected chi connectivity index (χ1v) is 17.9. The van der Waals surface area contributed by atoms with Crippen molar-refractivity contribution >= 4 is 32.9 Å². The Labute approximate surface area is 297 Å². The molecule has 1 aromatic heterocycles. The fraction of sp³-hybridized carbons (Fsp3) is 0.371. The molecule has 0 spiro atoms. The van der Waals surface area contributed by atoms with Crippen LogP contribution >= 0.6 is 0 Å². The van der Waals surface area contributed by atoms with Gasteiger partial charge in [-0.3, -0.25) is 9.36 Å². The fourth-order valence-electron chi connectivity index (χ4n) is 6.40. The Kier molecular flexibility index (Phi) is 11.7. The third kappa shape index (κ3) is 8.30. The van der Waals surface area contributed by atoms with Crippen LogP contribution in [0.25, 0.3) is 11.0 Å². The molecule has 0 bridgehead atoms. The smallest absolute Gasteiger partial charge is 0.490 e. The topological polar surface area (TPSA) is 176 Å². The lowest BCUT2D eigenvalue weighted by Gasteiger charge is -2.37. The molecule has 2 aliphatic rings. The number of nitrogens with zero attached hydrogens (tertiary/aromatic N) is 4. The molecule has 276 valence electrons. The van der Waals surface area contributed by atoms with Crippen molar-refractivity contribution < 1.29 is 41.0 Å². The van der Waals surface area contributed by atoms with Crippen LogP contribution in [0.5, 0.6) is 5.75 Å². The van der Waals surface area contributed by atoms with Crippen LogP contribution in [0.4, 0.5) is 13.2 Å². The van der Waals surface area contributed by atoms with Crippen molar-refractivity contribution in [1.82, 2.24) is 24.1 Å². The SMILES string of the molecule is COc1ccc(S(=O)(=O)n2c(=O)n(C(C(=O)N3CCC(NC4CCNCC4)CC3)c3ccccc3)c3cc(C#N)ccc32)cc1.O=C(O)C(F)(F)F. The number of nitriles is 1. The van der Waals surface area contributed by atoms with Gasteiger partial charge in [0.1, 0.15) is 11.8 Å². The number of amides is 1. The van der Waals surface area contributed by atoms with Gasteiger partial charge in [0.2, 0.25) is 5.91 Å². The van der Waals surface area contributed by atoms with Crippen LogP contribution < -0.4 is 21.1 Å². The Morgan fingerprint density at radius 2 is 1.56 bits per heavy atom. The number of nitrogens with one attached hydrogen (secondary N) is 2. The van der Waals surface area contributed by atoms with E-state index < -0.39 is 33.9 Å². The lowest BCUT2D eigenvalue weighted by atomic mass is 9.98. The first-order chi connectivity index (χ1) is 24.8. The van der Waals surface area contributed by atoms with Crippen molar-refractivity contribution in [3.63, 3.8) is 0 Å². The number of aliphatic carboxylic acids is 1. The van der Waals surface area contributed by atoms with Crippen molar-refractivity contribution in [3.05, 3.63) is 94.4 Å². The summed E-state index contributed by atoms with van der Waals surface area (Å²) in [6.07, 6.45) is -1.38. The van der Waals surface area contributed by atoms with Crippen molar-refractivity contribution in [2.24, 2.45) is 0 Å². The Morgan fingerprint density at radius 3 is 2.12 bits per heavy atom. The minimum Gasteiger partial charge on any atom is -0.497 e. The van der Waals surface area contributed by atoms with Gasteiger partial charge < -0.3 is 25.4 Å². The molecule has 17 heteroatoms. The standard InChI is InChI=1S/C33H36N6O5S.C2HF3O2/c1-44-27-8-10-28(11-9-27)45(42,43)39-29-12-7-23(22-34)21-30(29)38(33(39)41)31(24-5-3-2-4-6-24)32(40)37-19-15-26(16-20-37)36-25-13-17-35-18-14-25;3-2(4,5)1(6)7/h2-12,21,25-26,31,35-36H,13-20H2,1H3;(H,6,7). The van der Waals surface area contributed by atoms with Crippen molar-refractivity contribution in [2.75, 3.05) is 33.3 Å². The predicted molar refractivity (Wildman–Crippen MR) is 183 cm³/mol. The Hall–Kier alpha value is -5.18. The predicted octanol–water partition coefficient (Wildman–Crippen LogP) is 3.48. The molecule has 2 saturated heterocycles. The molecule has 52 heavy (non-hydrogen) atoms. The molecule has 0 aliphatic carbocycles. The average Bonchev–Trinajstić information content (AvgIpc) is 3.43. The van der Waals surface area contributed by atoms with E-state index in [-0.39, 0.29) is 27.4 Å². The highest BCUT2D eigenvalue weighted by Gasteiger charge is 2.38. The zero-order valence-electron chi connectivity index (χ0n) is 28.0. The number of carbonyl (C=O) groups is 2. The van der Waals surface area contributed by atoms with Crippen LogP contribution in [0.2, 0.25) is 0 Å². The number of rotatable bonds is 8. The van der Waals surface area contributed by atoms with Gasteiger partial charge in [-0.1, -0.05) is 30.3 Å². The molecule has 4 aromatic rings. The van der Waals surface area contributed by atoms with Crippen LogP contribution in [0.3, 0.4) is 0 Å². The Balaban J connectivity index is 0.000000679. The van der Waals surface area contributed by atoms with Gasteiger partial charge in [-0.15, -0.1) is 0 Å². The van der Waals surface area contributed by atoms with E-state index in [1.165, 1.54) is 54.1 Å². The van der Waals surface area contributed by atoms with Gasteiger partial charge in [-0.2, -0.15) is 22.4 Å². The summed E-state index contributed by atoms with van der Waals surface area (Å²) in [6.45, 7) is 3.01. The maximum atomic E-state index is 14.4. The van der Waals surface area contributed by atoms with Gasteiger partial charge in [-0.05, 0) is 86.8 Å². The molecule has 0 saturated carbocycles. The zero-order chi connectivity index (χ0) is 37.6. The number of carbonyl (C=O) groups excluding carboxylic acids is 1. The number of carboxylic acid groups (broad SMARTS) is 1. The number of imidazole rings is 1. The fourth-order valence-corrected chi connectivity index (χ4v) is 7.79. The van der Waals surface area contributed by atoms with E-state index in [0.29, 0.717) is 36.5 Å². The van der Waals surface area contributed by atoms with Crippen LogP contribution in [0.1, 0.15) is 42.9 Å². The number of carboxylic acids is 1. The van der Waals surface area contributed by atoms with E-state index in [9.17, 15) is 36.4 Å². The highest BCUT2D eigenvalue weighted by atomic mass is 32.2. The van der Waals surface area contributed by atoms with Crippen LogP contribution in [-0.2, 0) is 19.6 Å². The summed E-state index contributed by atoms with van der Waals surface area (Å²) in [5.74, 6) is -2.59. The molecule has 1 unspecified atom stereocenters. The lowest BCUT2D eigenvalue weighted by Crippen LogP contribution is -2.51. The summed E-state index contributed by atoms with van der Waals surface area (Å²) < 4.78 is 66.9. The van der Waals surface area contributed by atoms with E-state index in [1.54, 1.807) is 29.2 Å². The van der Waals surface area contributed by atoms with E-state index >= 15 is 0 Å². The maximum Gasteiger partial charge on any atom is 0.490 e. The van der Waals surface area contributed by atoms with Gasteiger partial charge in [0.05, 0.1) is 34.7 Å². The van der Waals surface area contributed by atoms with E-state index in [2.05, 4.69) is 16.7 Å². The molecule has 3 N–H and O–H groups in total. The molecular formula is C35H37F3N6O7S. The number of hydrogen-bond donors (Lipinski definition) is 3. The van der Waals surface area contributed by atoms with Gasteiger partial charge in [0.15, 0.2) is 0 Å². The van der Waals surface area contributed by atoms with Gasteiger partial charge in [0, 0.05) is 25.2 Å². The normalized spacial score (nSPS) is 16.4. The summed E-state index contributed by atoms with van der Waals surface area (Å²) in [4.78, 5) is 39.4. The highest BCUT2D eigenvalue weighted by Crippen LogP contribution is 2.29. The second kappa shape index (κ2) is 16.0. The lowest BCUT2D eigenvalue weighted by molar-refractivity contribution is -0.192. The molecule has 13 nitrogen and oxygen atoms in total. The van der Waals surface area contributed by atoms with Gasteiger partial charge >= 0.3 is 17.8 Å². The van der Waals surface area contributed by atoms with Crippen LogP contribution in [-0.4, -0.2) is 90.4 Å². The van der Waals surface area contributed by atoms with Gasteiger partial charge in [-0.25, -0.2) is 18.0 Å². The molecule has 2 fully saturated rings. The largest absolute Gasteiger partial charge is 0.497 e. The quantitative estimate of drug-likeness (QED) is 0.243. The molecule has 3 aromatic carbocycles. The number of aromatic nitrogens is 2. The van der Waals surface area contributed by atoms with E-state index in [4.69, 9.17) is 14.6 Å². The Bertz CT molecular complexity index is 2100. The number of alkyl halides is 3. The highest BCUT2D eigenvalue weighted by molar-refractivity contribution is 7.90. The third-order valence-corrected chi connectivity index (χ3v) is 10.7. The van der Waals surface area contributed by atoms with E-state index in [0.717, 1.165) is 42.7 Å². The number of halogens is 3. The summed E-state index contributed by atoms with van der Waals surface area (Å²) in [5.41, 5.74) is 0.150. The van der Waals surface area contributed by atoms with Crippen molar-refractivity contribution in [3.8, 4) is 11.8 Å². The molecule has 0 radical (unpaired) electrons. The van der Waals surface area contributed by atoms with Crippen LogP contribution in [0.15, 0.2) is 82.5 Å². The zero-order valence-corrected chi connectivity index (χ0v) is 28.9. The van der Waals surface area contributed by atoms with Crippen molar-refractivity contribution in [1.29, 1.82) is 5.26 Å². The molecule has 1 atom stereocenters. The number of benzene rings is 3. The number of likely N-dealkylation sites (tertiary alicyclic amines) is 1. The molecular weight excluding hydrogens is 705 g/mol. The van der Waals surface area contributed by atoms with Crippen LogP contribution in [0, 0.1) is 11.3 Å². The molecule has 1 amide bonds. The minimum atomic E-state index is -5.08. The summed E-state index contributed by atoms with van der Waals surface area (Å²) in [7, 11) is -2.93. The monoisotopic (exact) mass is 742 g/mol. The first kappa shape index (κ1) is 38.1. The maximum absolute atomic E-state index is 14.4. The summed E-state index contributed by atoms with van der Waals surface area (Å²) in [5, 5.41) is 24.0. The average molecular weight is 743 g/mol. The molecule has 2 aliphatic heterocycles. The summed E-state index contributed by atoms with van der Waals surface area (Å²) >= 11 is 0. The Morgan fingerprint density at radius 1 is 0.962 bits per heavy atom. The second-order valence-corrected chi connectivity index (χ2v) is 14.1.